The lowest BCUT2D eigenvalue weighted by Gasteiger charge is -2.40. The average molecular weight is 426 g/mol. The van der Waals surface area contributed by atoms with Gasteiger partial charge in [-0.1, -0.05) is 20.1 Å². The largest absolute Gasteiger partial charge is 0.461 e. The van der Waals surface area contributed by atoms with Crippen LogP contribution in [0, 0.1) is 23.7 Å². The smallest absolute Gasteiger partial charge is 0.309 e. The van der Waals surface area contributed by atoms with E-state index < -0.39 is 55.6 Å². The van der Waals surface area contributed by atoms with Gasteiger partial charge in [-0.3, -0.25) is 4.79 Å². The number of ether oxygens (including phenoxy) is 3. The number of fused-ring (bicyclic) bond motifs is 3. The summed E-state index contributed by atoms with van der Waals surface area (Å²) in [7, 11) is 0. The summed E-state index contributed by atoms with van der Waals surface area (Å²) in [6, 6.07) is 0. The van der Waals surface area contributed by atoms with Crippen molar-refractivity contribution in [1.29, 1.82) is 0 Å². The fourth-order valence-corrected chi connectivity index (χ4v) is 5.43. The first-order valence-electron chi connectivity index (χ1n) is 10.4. The van der Waals surface area contributed by atoms with E-state index in [1.807, 2.05) is 0 Å². The molecule has 0 amide bonds. The van der Waals surface area contributed by atoms with Crippen LogP contribution >= 0.6 is 0 Å². The minimum atomic E-state index is -1.54. The summed E-state index contributed by atoms with van der Waals surface area (Å²) < 4.78 is 17.1. The number of hydrogen-bond donors (Lipinski definition) is 5. The number of hydrogen-bond acceptors (Lipinski definition) is 9. The third-order valence-electron chi connectivity index (χ3n) is 7.33. The van der Waals surface area contributed by atoms with Crippen LogP contribution in [0.1, 0.15) is 19.8 Å². The van der Waals surface area contributed by atoms with Gasteiger partial charge in [0.1, 0.15) is 30.5 Å². The summed E-state index contributed by atoms with van der Waals surface area (Å²) in [6.45, 7) is 9.47. The Hall–Kier alpha value is -1.33. The van der Waals surface area contributed by atoms with Gasteiger partial charge in [0.15, 0.2) is 6.29 Å². The van der Waals surface area contributed by atoms with Crippen molar-refractivity contribution >= 4 is 5.97 Å². The molecule has 2 heterocycles. The van der Waals surface area contributed by atoms with Crippen molar-refractivity contribution < 1.29 is 44.5 Å². The number of carbonyl (C=O) groups excluding carboxylic acids is 1. The van der Waals surface area contributed by atoms with E-state index in [4.69, 9.17) is 14.2 Å². The fraction of sp³-hybridized carbons (Fsp3) is 0.762. The number of esters is 1. The molecule has 0 spiro atoms. The number of rotatable bonds is 3. The predicted octanol–water partition coefficient (Wildman–Crippen LogP) is -1.14. The lowest BCUT2D eigenvalue weighted by atomic mass is 9.80. The van der Waals surface area contributed by atoms with Crippen molar-refractivity contribution in [2.45, 2.75) is 68.8 Å². The molecule has 9 heteroatoms. The molecule has 4 rings (SSSR count). The van der Waals surface area contributed by atoms with Crippen LogP contribution in [0.4, 0.5) is 0 Å². The fourth-order valence-electron chi connectivity index (χ4n) is 5.43. The first kappa shape index (κ1) is 21.9. The molecule has 0 aromatic carbocycles. The van der Waals surface area contributed by atoms with Gasteiger partial charge in [0.2, 0.25) is 0 Å². The number of aliphatic hydroxyl groups excluding tert-OH is 5. The number of aliphatic hydroxyl groups is 5. The second-order valence-electron chi connectivity index (χ2n) is 8.95. The van der Waals surface area contributed by atoms with Crippen LogP contribution in [0.5, 0.6) is 0 Å². The van der Waals surface area contributed by atoms with Gasteiger partial charge in [-0.2, -0.15) is 0 Å². The van der Waals surface area contributed by atoms with Gasteiger partial charge >= 0.3 is 5.97 Å². The molecule has 12 atom stereocenters. The molecule has 0 aromatic heterocycles. The molecule has 2 aliphatic heterocycles. The van der Waals surface area contributed by atoms with Crippen LogP contribution in [-0.2, 0) is 19.0 Å². The molecule has 2 saturated heterocycles. The second kappa shape index (κ2) is 7.98. The van der Waals surface area contributed by atoms with Crippen LogP contribution in [0.3, 0.4) is 0 Å². The van der Waals surface area contributed by atoms with Crippen molar-refractivity contribution in [3.8, 4) is 0 Å². The highest BCUT2D eigenvalue weighted by atomic mass is 16.7. The summed E-state index contributed by atoms with van der Waals surface area (Å²) in [6.07, 6.45) is -7.94. The Morgan fingerprint density at radius 2 is 1.77 bits per heavy atom. The Morgan fingerprint density at radius 1 is 1.07 bits per heavy atom. The average Bonchev–Trinajstić information content (AvgIpc) is 3.15. The van der Waals surface area contributed by atoms with Crippen molar-refractivity contribution in [1.82, 2.24) is 0 Å². The molecule has 9 nitrogen and oxygen atoms in total. The summed E-state index contributed by atoms with van der Waals surface area (Å²) in [5.41, 5.74) is 1.28. The van der Waals surface area contributed by atoms with Crippen LogP contribution in [0.2, 0.25) is 0 Å². The van der Waals surface area contributed by atoms with E-state index >= 15 is 0 Å². The van der Waals surface area contributed by atoms with E-state index in [-0.39, 0.29) is 29.6 Å². The Kier molecular flexibility index (Phi) is 5.82. The lowest BCUT2D eigenvalue weighted by Crippen LogP contribution is -2.59. The summed E-state index contributed by atoms with van der Waals surface area (Å²) >= 11 is 0. The van der Waals surface area contributed by atoms with Crippen LogP contribution in [-0.4, -0.2) is 87.1 Å². The summed E-state index contributed by atoms with van der Waals surface area (Å²) in [5.74, 6) is -1.31. The third-order valence-corrected chi connectivity index (χ3v) is 7.33. The first-order chi connectivity index (χ1) is 14.1. The SMILES string of the molecule is C=C1[C@@H]2[C@H]3OC(=O)[C@@H](C)[C@@H]3C[C@@H](O)C(=C)[C@@H]2C[C@@H]1O[C@@H]1O[C@H](CO)[C@@H](O)[C@@H](O)[C@@H]1O. The van der Waals surface area contributed by atoms with Gasteiger partial charge in [-0.15, -0.1) is 0 Å². The molecule has 0 unspecified atom stereocenters. The van der Waals surface area contributed by atoms with Crippen molar-refractivity contribution in [3.63, 3.8) is 0 Å². The first-order valence-corrected chi connectivity index (χ1v) is 10.4. The monoisotopic (exact) mass is 426 g/mol. The minimum absolute atomic E-state index is 0.165. The van der Waals surface area contributed by atoms with Gasteiger partial charge in [0.05, 0.1) is 24.7 Å². The molecule has 5 N–H and O–H groups in total. The standard InChI is InChI=1S/C21H30O9/c1-7-10-5-13(28-21-18(26)17(25)16(24)14(6-22)29-21)9(3)15(10)19-11(4-12(7)23)8(2)20(27)30-19/h8,10-19,21-26H,1,3-6H2,2H3/t8-,10-,11-,12+,13-,14+,15-,16+,17+,18-,19-,21+/m0/s1. The van der Waals surface area contributed by atoms with E-state index in [9.17, 15) is 30.3 Å². The van der Waals surface area contributed by atoms with Crippen LogP contribution in [0.25, 0.3) is 0 Å². The highest BCUT2D eigenvalue weighted by Gasteiger charge is 2.57. The zero-order valence-corrected chi connectivity index (χ0v) is 16.8. The molecular weight excluding hydrogens is 396 g/mol. The zero-order valence-electron chi connectivity index (χ0n) is 16.8. The molecule has 0 bridgehead atoms. The van der Waals surface area contributed by atoms with Crippen LogP contribution < -0.4 is 0 Å². The van der Waals surface area contributed by atoms with E-state index in [2.05, 4.69) is 13.2 Å². The van der Waals surface area contributed by atoms with Gasteiger partial charge < -0.3 is 39.7 Å². The van der Waals surface area contributed by atoms with Crippen molar-refractivity contribution in [2.75, 3.05) is 6.61 Å². The highest BCUT2D eigenvalue weighted by molar-refractivity contribution is 5.75. The Labute approximate surface area is 174 Å². The molecule has 30 heavy (non-hydrogen) atoms. The maximum absolute atomic E-state index is 12.2. The Balaban J connectivity index is 1.56. The van der Waals surface area contributed by atoms with Gasteiger partial charge in [-0.05, 0) is 29.9 Å². The predicted molar refractivity (Wildman–Crippen MR) is 102 cm³/mol. The highest BCUT2D eigenvalue weighted by Crippen LogP contribution is 2.53. The zero-order chi connectivity index (χ0) is 21.9. The molecule has 0 radical (unpaired) electrons. The van der Waals surface area contributed by atoms with Gasteiger partial charge in [-0.25, -0.2) is 0 Å². The van der Waals surface area contributed by atoms with E-state index in [0.29, 0.717) is 24.0 Å². The topological polar surface area (TPSA) is 146 Å². The van der Waals surface area contributed by atoms with Gasteiger partial charge in [0, 0.05) is 11.8 Å². The molecule has 2 aliphatic carbocycles. The molecule has 4 fully saturated rings. The van der Waals surface area contributed by atoms with E-state index in [1.54, 1.807) is 6.92 Å². The third kappa shape index (κ3) is 3.33. The quantitative estimate of drug-likeness (QED) is 0.279. The van der Waals surface area contributed by atoms with Crippen molar-refractivity contribution in [3.05, 3.63) is 24.3 Å². The number of carbonyl (C=O) groups is 1. The maximum Gasteiger partial charge on any atom is 0.309 e. The summed E-state index contributed by atoms with van der Waals surface area (Å²) in [4.78, 5) is 12.2. The molecular formula is C21H30O9. The molecule has 2 saturated carbocycles. The van der Waals surface area contributed by atoms with E-state index in [0.717, 1.165) is 0 Å². The lowest BCUT2D eigenvalue weighted by molar-refractivity contribution is -0.308. The molecule has 0 aromatic rings. The van der Waals surface area contributed by atoms with Gasteiger partial charge in [0.25, 0.3) is 0 Å². The van der Waals surface area contributed by atoms with Crippen molar-refractivity contribution in [2.24, 2.45) is 23.7 Å². The normalized spacial score (nSPS) is 51.3. The Bertz CT molecular complexity index is 721. The second-order valence-corrected chi connectivity index (χ2v) is 8.95. The Morgan fingerprint density at radius 3 is 2.43 bits per heavy atom. The van der Waals surface area contributed by atoms with E-state index in [1.165, 1.54) is 0 Å². The van der Waals surface area contributed by atoms with Crippen LogP contribution in [0.15, 0.2) is 24.3 Å². The summed E-state index contributed by atoms with van der Waals surface area (Å²) in [5, 5.41) is 50.3. The molecule has 168 valence electrons. The maximum atomic E-state index is 12.2. The molecule has 4 aliphatic rings. The minimum Gasteiger partial charge on any atom is -0.461 e.